The zero-order valence-electron chi connectivity index (χ0n) is 8.13. The van der Waals surface area contributed by atoms with Crippen LogP contribution in [0.25, 0.3) is 10.8 Å². The van der Waals surface area contributed by atoms with Gasteiger partial charge in [0.2, 0.25) is 0 Å². The molecule has 2 rings (SSSR count). The molecule has 2 aromatic rings. The van der Waals surface area contributed by atoms with Crippen LogP contribution in [-0.4, -0.2) is 5.88 Å². The lowest BCUT2D eigenvalue weighted by Gasteiger charge is -2.03. The Labute approximate surface area is 93.9 Å². The molecule has 1 nitrogen and oxygen atoms in total. The zero-order chi connectivity index (χ0) is 10.7. The Morgan fingerprint density at radius 2 is 1.80 bits per heavy atom. The highest BCUT2D eigenvalue weighted by molar-refractivity contribution is 6.19. The predicted octanol–water partition coefficient (Wildman–Crippen LogP) is 3.01. The molecule has 0 saturated heterocycles. The van der Waals surface area contributed by atoms with Gasteiger partial charge in [-0.25, -0.2) is 0 Å². The van der Waals surface area contributed by atoms with Gasteiger partial charge < -0.3 is 5.73 Å². The predicted molar refractivity (Wildman–Crippen MR) is 66.0 cm³/mol. The van der Waals surface area contributed by atoms with Crippen LogP contribution in [0, 0.1) is 11.8 Å². The minimum absolute atomic E-state index is 0.346. The van der Waals surface area contributed by atoms with Crippen LogP contribution in [0.3, 0.4) is 0 Å². The Kier molecular flexibility index (Phi) is 2.80. The molecule has 0 heterocycles. The van der Waals surface area contributed by atoms with E-state index in [2.05, 4.69) is 11.8 Å². The third-order valence-corrected chi connectivity index (χ3v) is 2.38. The molecule has 0 aliphatic heterocycles. The maximum Gasteiger partial charge on any atom is 0.0839 e. The summed E-state index contributed by atoms with van der Waals surface area (Å²) >= 11 is 5.54. The number of fused-ring (bicyclic) bond motifs is 1. The maximum atomic E-state index is 5.88. The summed E-state index contributed by atoms with van der Waals surface area (Å²) in [4.78, 5) is 0. The summed E-state index contributed by atoms with van der Waals surface area (Å²) in [6, 6.07) is 11.8. The quantitative estimate of drug-likeness (QED) is 0.408. The number of anilines is 1. The van der Waals surface area contributed by atoms with E-state index in [0.29, 0.717) is 5.88 Å². The number of rotatable bonds is 0. The first-order valence-electron chi connectivity index (χ1n) is 4.65. The molecule has 0 aliphatic rings. The van der Waals surface area contributed by atoms with Crippen LogP contribution >= 0.6 is 11.6 Å². The normalized spacial score (nSPS) is 9.67. The van der Waals surface area contributed by atoms with Gasteiger partial charge in [0.1, 0.15) is 0 Å². The molecular weight excluding hydrogens is 206 g/mol. The lowest BCUT2D eigenvalue weighted by Crippen LogP contribution is -1.87. The average Bonchev–Trinajstić information content (AvgIpc) is 2.27. The summed E-state index contributed by atoms with van der Waals surface area (Å²) in [7, 11) is 0. The molecule has 0 bridgehead atoms. The van der Waals surface area contributed by atoms with Crippen molar-refractivity contribution in [1.82, 2.24) is 0 Å². The van der Waals surface area contributed by atoms with E-state index in [1.54, 1.807) is 0 Å². The standard InChI is InChI=1S/C13H10ClN/c14-9-3-5-10-4-1-7-12-11(10)6-2-8-13(12)15/h1-2,4,6-8H,9,15H2. The number of nitrogen functional groups attached to an aromatic ring is 1. The number of hydrogen-bond acceptors (Lipinski definition) is 1. The summed E-state index contributed by atoms with van der Waals surface area (Å²) in [5.41, 5.74) is 7.63. The molecule has 0 unspecified atom stereocenters. The van der Waals surface area contributed by atoms with Crippen molar-refractivity contribution in [3.8, 4) is 11.8 Å². The van der Waals surface area contributed by atoms with E-state index in [9.17, 15) is 0 Å². The largest absolute Gasteiger partial charge is 0.398 e. The third-order valence-electron chi connectivity index (χ3n) is 2.25. The van der Waals surface area contributed by atoms with Gasteiger partial charge in [-0.3, -0.25) is 0 Å². The number of alkyl halides is 1. The summed E-state index contributed by atoms with van der Waals surface area (Å²) in [6.45, 7) is 0. The highest BCUT2D eigenvalue weighted by Crippen LogP contribution is 2.23. The summed E-state index contributed by atoms with van der Waals surface area (Å²) in [5, 5.41) is 2.12. The van der Waals surface area contributed by atoms with Gasteiger partial charge in [-0.1, -0.05) is 36.1 Å². The van der Waals surface area contributed by atoms with E-state index in [-0.39, 0.29) is 0 Å². The van der Waals surface area contributed by atoms with Crippen molar-refractivity contribution in [2.45, 2.75) is 0 Å². The van der Waals surface area contributed by atoms with Gasteiger partial charge in [0.05, 0.1) is 5.88 Å². The molecule has 0 fully saturated rings. The highest BCUT2D eigenvalue weighted by Gasteiger charge is 1.99. The molecule has 0 spiro atoms. The molecular formula is C13H10ClN. The second-order valence-corrected chi connectivity index (χ2v) is 3.45. The van der Waals surface area contributed by atoms with E-state index in [0.717, 1.165) is 22.0 Å². The highest BCUT2D eigenvalue weighted by atomic mass is 35.5. The van der Waals surface area contributed by atoms with E-state index in [1.165, 1.54) is 0 Å². The topological polar surface area (TPSA) is 26.0 Å². The van der Waals surface area contributed by atoms with Crippen LogP contribution in [0.2, 0.25) is 0 Å². The fourth-order valence-corrected chi connectivity index (χ4v) is 1.64. The molecule has 0 aliphatic carbocycles. The Balaban J connectivity index is 2.71. The molecule has 2 aromatic carbocycles. The first kappa shape index (κ1) is 9.89. The molecule has 2 heteroatoms. The molecule has 0 amide bonds. The molecule has 0 saturated carbocycles. The van der Waals surface area contributed by atoms with Crippen molar-refractivity contribution in [2.75, 3.05) is 11.6 Å². The van der Waals surface area contributed by atoms with Gasteiger partial charge in [0.25, 0.3) is 0 Å². The Bertz CT molecular complexity index is 549. The van der Waals surface area contributed by atoms with Crippen molar-refractivity contribution in [3.05, 3.63) is 42.0 Å². The second-order valence-electron chi connectivity index (χ2n) is 3.18. The Morgan fingerprint density at radius 1 is 1.07 bits per heavy atom. The monoisotopic (exact) mass is 215 g/mol. The number of benzene rings is 2. The molecule has 0 atom stereocenters. The van der Waals surface area contributed by atoms with Crippen LogP contribution in [0.1, 0.15) is 5.56 Å². The van der Waals surface area contributed by atoms with E-state index >= 15 is 0 Å². The maximum absolute atomic E-state index is 5.88. The van der Waals surface area contributed by atoms with Crippen LogP contribution < -0.4 is 5.73 Å². The summed E-state index contributed by atoms with van der Waals surface area (Å²) in [6.07, 6.45) is 0. The molecule has 15 heavy (non-hydrogen) atoms. The molecule has 0 radical (unpaired) electrons. The lowest BCUT2D eigenvalue weighted by molar-refractivity contribution is 1.69. The summed E-state index contributed by atoms with van der Waals surface area (Å²) < 4.78 is 0. The summed E-state index contributed by atoms with van der Waals surface area (Å²) in [5.74, 6) is 6.22. The SMILES string of the molecule is Nc1cccc2c(C#CCCl)cccc12. The fourth-order valence-electron chi connectivity index (χ4n) is 1.57. The Hall–Kier alpha value is -1.65. The first-order chi connectivity index (χ1) is 7.33. The smallest absolute Gasteiger partial charge is 0.0839 e. The lowest BCUT2D eigenvalue weighted by atomic mass is 10.0. The minimum atomic E-state index is 0.346. The molecule has 74 valence electrons. The van der Waals surface area contributed by atoms with E-state index in [1.807, 2.05) is 36.4 Å². The van der Waals surface area contributed by atoms with Crippen molar-refractivity contribution >= 4 is 28.1 Å². The van der Waals surface area contributed by atoms with Gasteiger partial charge in [-0.2, -0.15) is 0 Å². The minimum Gasteiger partial charge on any atom is -0.398 e. The van der Waals surface area contributed by atoms with Crippen LogP contribution in [0.4, 0.5) is 5.69 Å². The third kappa shape index (κ3) is 1.91. The first-order valence-corrected chi connectivity index (χ1v) is 5.18. The second kappa shape index (κ2) is 4.25. The van der Waals surface area contributed by atoms with Crippen molar-refractivity contribution in [3.63, 3.8) is 0 Å². The van der Waals surface area contributed by atoms with Gasteiger partial charge >= 0.3 is 0 Å². The fraction of sp³-hybridized carbons (Fsp3) is 0.0769. The molecule has 0 aromatic heterocycles. The van der Waals surface area contributed by atoms with Crippen LogP contribution in [-0.2, 0) is 0 Å². The number of nitrogens with two attached hydrogens (primary N) is 1. The van der Waals surface area contributed by atoms with Crippen molar-refractivity contribution < 1.29 is 0 Å². The Morgan fingerprint density at radius 3 is 2.60 bits per heavy atom. The van der Waals surface area contributed by atoms with Gasteiger partial charge in [0, 0.05) is 16.6 Å². The average molecular weight is 216 g/mol. The van der Waals surface area contributed by atoms with Crippen LogP contribution in [0.15, 0.2) is 36.4 Å². The van der Waals surface area contributed by atoms with Crippen molar-refractivity contribution in [2.24, 2.45) is 0 Å². The van der Waals surface area contributed by atoms with Gasteiger partial charge in [-0.05, 0) is 17.5 Å². The number of halogens is 1. The van der Waals surface area contributed by atoms with Crippen molar-refractivity contribution in [1.29, 1.82) is 0 Å². The molecule has 2 N–H and O–H groups in total. The van der Waals surface area contributed by atoms with Crippen LogP contribution in [0.5, 0.6) is 0 Å². The zero-order valence-corrected chi connectivity index (χ0v) is 8.88. The van der Waals surface area contributed by atoms with E-state index < -0.39 is 0 Å². The van der Waals surface area contributed by atoms with Gasteiger partial charge in [0.15, 0.2) is 0 Å². The van der Waals surface area contributed by atoms with Gasteiger partial charge in [-0.15, -0.1) is 11.6 Å². The van der Waals surface area contributed by atoms with E-state index in [4.69, 9.17) is 17.3 Å². The number of hydrogen-bond donors (Lipinski definition) is 1.